The molecule has 5 heteroatoms. The molecule has 0 saturated carbocycles. The summed E-state index contributed by atoms with van der Waals surface area (Å²) in [6.45, 7) is 8.52. The Morgan fingerprint density at radius 2 is 1.78 bits per heavy atom. The molecule has 0 unspecified atom stereocenters. The van der Waals surface area contributed by atoms with E-state index in [1.165, 1.54) is 11.3 Å². The van der Waals surface area contributed by atoms with Crippen LogP contribution < -0.4 is 5.32 Å². The highest BCUT2D eigenvalue weighted by Gasteiger charge is 2.15. The van der Waals surface area contributed by atoms with Gasteiger partial charge < -0.3 is 9.88 Å². The summed E-state index contributed by atoms with van der Waals surface area (Å²) in [6.07, 6.45) is 3.26. The van der Waals surface area contributed by atoms with Gasteiger partial charge in [-0.15, -0.1) is 0 Å². The van der Waals surface area contributed by atoms with Crippen LogP contribution in [0.1, 0.15) is 27.2 Å². The Balaban J connectivity index is 1.75. The lowest BCUT2D eigenvalue weighted by Crippen LogP contribution is -2.36. The molecule has 4 nitrogen and oxygen atoms in total. The molecular formula is C22H25BrN4. The van der Waals surface area contributed by atoms with Crippen molar-refractivity contribution in [3.63, 3.8) is 0 Å². The minimum atomic E-state index is 0.141. The van der Waals surface area contributed by atoms with Crippen LogP contribution in [0, 0.1) is 0 Å². The normalized spacial score (nSPS) is 12.3. The van der Waals surface area contributed by atoms with Crippen molar-refractivity contribution in [2.24, 2.45) is 0 Å². The van der Waals surface area contributed by atoms with Gasteiger partial charge in [0.2, 0.25) is 5.78 Å². The number of aryl methyl sites for hydroxylation is 1. The summed E-state index contributed by atoms with van der Waals surface area (Å²) >= 11 is 3.53. The summed E-state index contributed by atoms with van der Waals surface area (Å²) < 4.78 is 5.64. The quantitative estimate of drug-likeness (QED) is 0.429. The van der Waals surface area contributed by atoms with Gasteiger partial charge in [0.25, 0.3) is 0 Å². The van der Waals surface area contributed by atoms with Crippen LogP contribution in [0.2, 0.25) is 0 Å². The fourth-order valence-corrected chi connectivity index (χ4v) is 3.69. The molecule has 0 saturated heterocycles. The number of nitrogens with one attached hydrogen (secondary N) is 1. The monoisotopic (exact) mass is 424 g/mol. The van der Waals surface area contributed by atoms with Gasteiger partial charge in [-0.1, -0.05) is 40.2 Å². The van der Waals surface area contributed by atoms with Crippen LogP contribution in [0.5, 0.6) is 0 Å². The fraction of sp³-hybridized carbons (Fsp3) is 0.318. The van der Waals surface area contributed by atoms with Gasteiger partial charge in [0.15, 0.2) is 0 Å². The third-order valence-corrected chi connectivity index (χ3v) is 5.24. The third kappa shape index (κ3) is 3.80. The summed E-state index contributed by atoms with van der Waals surface area (Å²) in [7, 11) is 0. The van der Waals surface area contributed by atoms with Crippen LogP contribution in [0.4, 0.5) is 0 Å². The Labute approximate surface area is 168 Å². The Morgan fingerprint density at radius 1 is 1.04 bits per heavy atom. The fourth-order valence-electron chi connectivity index (χ4n) is 3.42. The van der Waals surface area contributed by atoms with Crippen LogP contribution in [-0.2, 0) is 6.54 Å². The van der Waals surface area contributed by atoms with E-state index >= 15 is 0 Å². The molecular weight excluding hydrogens is 400 g/mol. The van der Waals surface area contributed by atoms with Crippen LogP contribution in [-0.4, -0.2) is 26.0 Å². The number of halogens is 1. The van der Waals surface area contributed by atoms with Gasteiger partial charge in [-0.3, -0.25) is 4.40 Å². The van der Waals surface area contributed by atoms with Gasteiger partial charge in [0.05, 0.1) is 16.7 Å². The van der Waals surface area contributed by atoms with Gasteiger partial charge >= 0.3 is 0 Å². The summed E-state index contributed by atoms with van der Waals surface area (Å²) in [5, 5.41) is 3.58. The van der Waals surface area contributed by atoms with Gasteiger partial charge in [-0.25, -0.2) is 4.98 Å². The van der Waals surface area contributed by atoms with E-state index in [0.29, 0.717) is 0 Å². The molecule has 0 aliphatic rings. The summed E-state index contributed by atoms with van der Waals surface area (Å²) in [6, 6.07) is 16.8. The number of hydrogen-bond acceptors (Lipinski definition) is 2. The second-order valence-electron chi connectivity index (χ2n) is 7.97. The zero-order valence-corrected chi connectivity index (χ0v) is 17.6. The molecule has 2 aromatic carbocycles. The first-order valence-corrected chi connectivity index (χ1v) is 10.2. The van der Waals surface area contributed by atoms with Crippen molar-refractivity contribution in [1.29, 1.82) is 0 Å². The zero-order valence-electron chi connectivity index (χ0n) is 16.0. The van der Waals surface area contributed by atoms with Crippen molar-refractivity contribution >= 4 is 32.7 Å². The van der Waals surface area contributed by atoms with E-state index in [2.05, 4.69) is 99.6 Å². The van der Waals surface area contributed by atoms with Gasteiger partial charge in [-0.05, 0) is 63.6 Å². The molecule has 2 heterocycles. The smallest absolute Gasteiger partial charge is 0.215 e. The number of nitrogens with zero attached hydrogens (tertiary/aromatic N) is 3. The number of hydrogen-bond donors (Lipinski definition) is 1. The molecule has 0 atom stereocenters. The van der Waals surface area contributed by atoms with Crippen LogP contribution in [0.15, 0.2) is 59.2 Å². The molecule has 4 rings (SSSR count). The first-order valence-electron chi connectivity index (χ1n) is 9.40. The molecule has 27 heavy (non-hydrogen) atoms. The summed E-state index contributed by atoms with van der Waals surface area (Å²) in [4.78, 5) is 4.90. The molecule has 0 aliphatic carbocycles. The molecule has 0 spiro atoms. The zero-order chi connectivity index (χ0) is 19.0. The lowest BCUT2D eigenvalue weighted by atomic mass is 10.1. The molecule has 0 bridgehead atoms. The Hall–Kier alpha value is -2.11. The van der Waals surface area contributed by atoms with E-state index in [1.807, 2.05) is 6.07 Å². The summed E-state index contributed by atoms with van der Waals surface area (Å²) in [5.41, 5.74) is 4.74. The molecule has 0 fully saturated rings. The van der Waals surface area contributed by atoms with E-state index < -0.39 is 0 Å². The topological polar surface area (TPSA) is 34.3 Å². The molecule has 140 valence electrons. The highest BCUT2D eigenvalue weighted by molar-refractivity contribution is 9.10. The van der Waals surface area contributed by atoms with Crippen molar-refractivity contribution in [3.05, 3.63) is 59.2 Å². The number of benzene rings is 2. The highest BCUT2D eigenvalue weighted by atomic mass is 79.9. The minimum absolute atomic E-state index is 0.141. The predicted molar refractivity (Wildman–Crippen MR) is 116 cm³/mol. The average molecular weight is 425 g/mol. The molecule has 0 amide bonds. The predicted octanol–water partition coefficient (Wildman–Crippen LogP) is 5.50. The van der Waals surface area contributed by atoms with E-state index in [1.54, 1.807) is 0 Å². The molecule has 2 aromatic heterocycles. The van der Waals surface area contributed by atoms with Crippen molar-refractivity contribution in [2.45, 2.75) is 39.3 Å². The van der Waals surface area contributed by atoms with Crippen LogP contribution in [0.25, 0.3) is 28.1 Å². The molecule has 1 N–H and O–H groups in total. The maximum atomic E-state index is 4.90. The molecule has 4 aromatic rings. The largest absolute Gasteiger partial charge is 0.312 e. The Bertz CT molecular complexity index is 1070. The van der Waals surface area contributed by atoms with Crippen LogP contribution in [0.3, 0.4) is 0 Å². The average Bonchev–Trinajstić information content (AvgIpc) is 3.15. The summed E-state index contributed by atoms with van der Waals surface area (Å²) in [5.74, 6) is 1.00. The van der Waals surface area contributed by atoms with Crippen molar-refractivity contribution < 1.29 is 0 Å². The molecule has 0 radical (unpaired) electrons. The van der Waals surface area contributed by atoms with Crippen molar-refractivity contribution in [3.8, 4) is 11.3 Å². The van der Waals surface area contributed by atoms with E-state index in [9.17, 15) is 0 Å². The highest BCUT2D eigenvalue weighted by Crippen LogP contribution is 2.28. The van der Waals surface area contributed by atoms with Crippen molar-refractivity contribution in [1.82, 2.24) is 19.3 Å². The Morgan fingerprint density at radius 3 is 2.52 bits per heavy atom. The lowest BCUT2D eigenvalue weighted by molar-refractivity contribution is 0.415. The SMILES string of the molecule is CC(C)(C)NCCCn1c(-c2ccc(Br)cc2)cn2c3ccccc3nc12. The number of rotatable bonds is 5. The standard InChI is InChI=1S/C22H25BrN4/c1-22(2,3)24-13-6-14-26-20(16-9-11-17(23)12-10-16)15-27-19-8-5-4-7-18(19)25-21(26)27/h4-5,7-12,15,24H,6,13-14H2,1-3H3. The third-order valence-electron chi connectivity index (χ3n) is 4.71. The van der Waals surface area contributed by atoms with Gasteiger partial charge in [0, 0.05) is 22.8 Å². The molecule has 0 aliphatic heterocycles. The minimum Gasteiger partial charge on any atom is -0.312 e. The van der Waals surface area contributed by atoms with E-state index in [-0.39, 0.29) is 5.54 Å². The number of fused-ring (bicyclic) bond motifs is 3. The second kappa shape index (κ2) is 7.13. The van der Waals surface area contributed by atoms with Crippen molar-refractivity contribution in [2.75, 3.05) is 6.54 Å². The lowest BCUT2D eigenvalue weighted by Gasteiger charge is -2.20. The van der Waals surface area contributed by atoms with Gasteiger partial charge in [-0.2, -0.15) is 0 Å². The van der Waals surface area contributed by atoms with E-state index in [4.69, 9.17) is 4.98 Å². The van der Waals surface area contributed by atoms with E-state index in [0.717, 1.165) is 40.8 Å². The Kier molecular flexibility index (Phi) is 4.82. The number of para-hydroxylation sites is 2. The number of aromatic nitrogens is 3. The maximum Gasteiger partial charge on any atom is 0.215 e. The maximum absolute atomic E-state index is 4.90. The van der Waals surface area contributed by atoms with Gasteiger partial charge in [0.1, 0.15) is 0 Å². The van der Waals surface area contributed by atoms with Crippen LogP contribution >= 0.6 is 15.9 Å². The number of imidazole rings is 2. The first kappa shape index (κ1) is 18.3. The second-order valence-corrected chi connectivity index (χ2v) is 8.89. The first-order chi connectivity index (χ1) is 12.9.